The van der Waals surface area contributed by atoms with Gasteiger partial charge in [-0.1, -0.05) is 6.07 Å². The molecule has 2 aromatic rings. The Morgan fingerprint density at radius 1 is 1.33 bits per heavy atom. The number of imidazole rings is 1. The molecule has 1 aliphatic heterocycles. The van der Waals surface area contributed by atoms with Gasteiger partial charge in [0, 0.05) is 38.1 Å². The van der Waals surface area contributed by atoms with Crippen molar-refractivity contribution in [2.24, 2.45) is 0 Å². The molecule has 1 N–H and O–H groups in total. The van der Waals surface area contributed by atoms with E-state index in [0.29, 0.717) is 23.3 Å². The lowest BCUT2D eigenvalue weighted by molar-refractivity contribution is 0.412. The zero-order valence-electron chi connectivity index (χ0n) is 13.7. The first-order chi connectivity index (χ1) is 11.7. The number of aryl methyl sites for hydroxylation is 1. The summed E-state index contributed by atoms with van der Waals surface area (Å²) >= 11 is 1.29. The van der Waals surface area contributed by atoms with Gasteiger partial charge in [0.05, 0.1) is 6.33 Å². The maximum Gasteiger partial charge on any atom is 0.252 e. The van der Waals surface area contributed by atoms with Gasteiger partial charge in [-0.05, 0) is 43.7 Å². The molecule has 0 aliphatic carbocycles. The number of aromatic nitrogens is 2. The molecule has 1 saturated heterocycles. The molecule has 0 radical (unpaired) electrons. The Morgan fingerprint density at radius 3 is 3.00 bits per heavy atom. The topological polar surface area (TPSA) is 67.2 Å². The summed E-state index contributed by atoms with van der Waals surface area (Å²) in [6, 6.07) is 3.88. The minimum atomic E-state index is -3.31. The minimum Gasteiger partial charge on any atom is -0.337 e. The molecule has 24 heavy (non-hydrogen) atoms. The van der Waals surface area contributed by atoms with Crippen LogP contribution in [0.25, 0.3) is 0 Å². The van der Waals surface area contributed by atoms with E-state index in [-0.39, 0.29) is 0 Å². The number of nitrogens with one attached hydrogen (secondary N) is 1. The third kappa shape index (κ3) is 4.44. The lowest BCUT2D eigenvalue weighted by Crippen LogP contribution is -2.34. The Balaban J connectivity index is 1.45. The molecule has 0 amide bonds. The standard InChI is InChI=1S/C16H24N4O2S2/c21-24(22,16-5-2-13-23-16)20-10-1-4-15(6-11-20)18-7-3-9-19-12-8-17-14-19/h2,5,8,12-15,18H,1,3-4,6-7,9-11H2. The van der Waals surface area contributed by atoms with Crippen LogP contribution in [0.15, 0.2) is 40.4 Å². The van der Waals surface area contributed by atoms with Gasteiger partial charge in [-0.25, -0.2) is 13.4 Å². The number of thiophene rings is 1. The van der Waals surface area contributed by atoms with Crippen molar-refractivity contribution in [1.82, 2.24) is 19.2 Å². The summed E-state index contributed by atoms with van der Waals surface area (Å²) in [5, 5.41) is 5.39. The molecular weight excluding hydrogens is 344 g/mol. The minimum absolute atomic E-state index is 0.399. The van der Waals surface area contributed by atoms with Crippen molar-refractivity contribution in [1.29, 1.82) is 0 Å². The Kier molecular flexibility index (Phi) is 6.04. The van der Waals surface area contributed by atoms with E-state index in [1.807, 2.05) is 17.9 Å². The second kappa shape index (κ2) is 8.24. The highest BCUT2D eigenvalue weighted by Gasteiger charge is 2.27. The van der Waals surface area contributed by atoms with E-state index < -0.39 is 10.0 Å². The smallest absolute Gasteiger partial charge is 0.252 e. The van der Waals surface area contributed by atoms with Crippen LogP contribution < -0.4 is 5.32 Å². The fraction of sp³-hybridized carbons (Fsp3) is 0.562. The van der Waals surface area contributed by atoms with Crippen LogP contribution in [0.5, 0.6) is 0 Å². The molecule has 1 unspecified atom stereocenters. The van der Waals surface area contributed by atoms with Gasteiger partial charge in [-0.2, -0.15) is 4.31 Å². The number of hydrogen-bond acceptors (Lipinski definition) is 5. The van der Waals surface area contributed by atoms with Crippen LogP contribution in [-0.4, -0.2) is 48.0 Å². The van der Waals surface area contributed by atoms with Crippen LogP contribution in [0.4, 0.5) is 0 Å². The van der Waals surface area contributed by atoms with Crippen molar-refractivity contribution in [3.05, 3.63) is 36.2 Å². The van der Waals surface area contributed by atoms with Crippen LogP contribution in [0, 0.1) is 0 Å². The van der Waals surface area contributed by atoms with Gasteiger partial charge in [-0.3, -0.25) is 0 Å². The largest absolute Gasteiger partial charge is 0.337 e. The summed E-state index contributed by atoms with van der Waals surface area (Å²) in [6.45, 7) is 3.12. The summed E-state index contributed by atoms with van der Waals surface area (Å²) in [4.78, 5) is 4.04. The van der Waals surface area contributed by atoms with Crippen molar-refractivity contribution >= 4 is 21.4 Å². The predicted molar refractivity (Wildman–Crippen MR) is 95.6 cm³/mol. The third-order valence-electron chi connectivity index (χ3n) is 4.36. The van der Waals surface area contributed by atoms with E-state index in [1.54, 1.807) is 22.6 Å². The Labute approximate surface area is 147 Å². The average molecular weight is 369 g/mol. The molecule has 3 heterocycles. The van der Waals surface area contributed by atoms with Gasteiger partial charge in [0.1, 0.15) is 4.21 Å². The third-order valence-corrected chi connectivity index (χ3v) is 7.63. The zero-order valence-corrected chi connectivity index (χ0v) is 15.3. The first-order valence-corrected chi connectivity index (χ1v) is 10.7. The van der Waals surface area contributed by atoms with E-state index in [9.17, 15) is 8.42 Å². The molecule has 132 valence electrons. The molecule has 2 aromatic heterocycles. The first kappa shape index (κ1) is 17.6. The molecule has 6 nitrogen and oxygen atoms in total. The number of sulfonamides is 1. The summed E-state index contributed by atoms with van der Waals surface area (Å²) in [5.74, 6) is 0. The van der Waals surface area contributed by atoms with E-state index in [2.05, 4.69) is 14.9 Å². The van der Waals surface area contributed by atoms with Crippen LogP contribution >= 0.6 is 11.3 Å². The highest BCUT2D eigenvalue weighted by atomic mass is 32.2. The summed E-state index contributed by atoms with van der Waals surface area (Å²) < 4.78 is 29.4. The van der Waals surface area contributed by atoms with Gasteiger partial charge in [0.2, 0.25) is 0 Å². The maximum absolute atomic E-state index is 12.6. The lowest BCUT2D eigenvalue weighted by atomic mass is 10.1. The molecule has 1 aliphatic rings. The highest BCUT2D eigenvalue weighted by molar-refractivity contribution is 7.91. The van der Waals surface area contributed by atoms with Crippen molar-refractivity contribution in [2.75, 3.05) is 19.6 Å². The normalized spacial score (nSPS) is 20.1. The van der Waals surface area contributed by atoms with Crippen molar-refractivity contribution < 1.29 is 8.42 Å². The molecule has 1 fully saturated rings. The average Bonchev–Trinajstić information content (AvgIpc) is 3.23. The van der Waals surface area contributed by atoms with E-state index in [4.69, 9.17) is 0 Å². The van der Waals surface area contributed by atoms with Gasteiger partial charge in [0.25, 0.3) is 10.0 Å². The molecule has 0 bridgehead atoms. The number of hydrogen-bond donors (Lipinski definition) is 1. The zero-order chi connectivity index (χ0) is 16.8. The number of nitrogens with zero attached hydrogens (tertiary/aromatic N) is 3. The summed E-state index contributed by atoms with van der Waals surface area (Å²) in [6.07, 6.45) is 9.45. The fourth-order valence-corrected chi connectivity index (χ4v) is 5.68. The van der Waals surface area contributed by atoms with Gasteiger partial charge in [-0.15, -0.1) is 11.3 Å². The Morgan fingerprint density at radius 2 is 2.25 bits per heavy atom. The highest BCUT2D eigenvalue weighted by Crippen LogP contribution is 2.23. The maximum atomic E-state index is 12.6. The van der Waals surface area contributed by atoms with E-state index in [1.165, 1.54) is 11.3 Å². The molecule has 0 aromatic carbocycles. The lowest BCUT2D eigenvalue weighted by Gasteiger charge is -2.19. The molecule has 3 rings (SSSR count). The Bertz CT molecular complexity index is 699. The second-order valence-corrected chi connectivity index (χ2v) is 9.18. The van der Waals surface area contributed by atoms with E-state index in [0.717, 1.165) is 38.8 Å². The fourth-order valence-electron chi connectivity index (χ4n) is 3.04. The van der Waals surface area contributed by atoms with Crippen LogP contribution in [-0.2, 0) is 16.6 Å². The summed E-state index contributed by atoms with van der Waals surface area (Å²) in [5.41, 5.74) is 0. The number of rotatable bonds is 7. The first-order valence-electron chi connectivity index (χ1n) is 8.39. The van der Waals surface area contributed by atoms with Gasteiger partial charge in [0.15, 0.2) is 0 Å². The monoisotopic (exact) mass is 368 g/mol. The SMILES string of the molecule is O=S(=O)(c1cccs1)N1CCCC(NCCCn2ccnc2)CC1. The molecule has 0 saturated carbocycles. The molecule has 8 heteroatoms. The van der Waals surface area contributed by atoms with Gasteiger partial charge < -0.3 is 9.88 Å². The van der Waals surface area contributed by atoms with Crippen molar-refractivity contribution in [3.8, 4) is 0 Å². The van der Waals surface area contributed by atoms with Crippen LogP contribution in [0.1, 0.15) is 25.7 Å². The Hall–Kier alpha value is -1.22. The molecular formula is C16H24N4O2S2. The van der Waals surface area contributed by atoms with Crippen molar-refractivity contribution in [3.63, 3.8) is 0 Å². The quantitative estimate of drug-likeness (QED) is 0.761. The van der Waals surface area contributed by atoms with Crippen LogP contribution in [0.2, 0.25) is 0 Å². The second-order valence-electron chi connectivity index (χ2n) is 6.07. The van der Waals surface area contributed by atoms with Gasteiger partial charge >= 0.3 is 0 Å². The summed E-state index contributed by atoms with van der Waals surface area (Å²) in [7, 11) is -3.31. The molecule has 1 atom stereocenters. The predicted octanol–water partition coefficient (Wildman–Crippen LogP) is 2.17. The van der Waals surface area contributed by atoms with E-state index >= 15 is 0 Å². The van der Waals surface area contributed by atoms with Crippen molar-refractivity contribution in [2.45, 2.75) is 42.5 Å². The van der Waals surface area contributed by atoms with Crippen LogP contribution in [0.3, 0.4) is 0 Å². The molecule has 0 spiro atoms.